The molecule has 0 spiro atoms. The number of H-pyrrole nitrogens is 1. The number of primary amides is 2. The zero-order valence-electron chi connectivity index (χ0n) is 43.5. The third kappa shape index (κ3) is 24.5. The van der Waals surface area contributed by atoms with Gasteiger partial charge in [0.1, 0.15) is 41.9 Å². The number of carbonyl (C=O) groups excluding carboxylic acids is 10. The van der Waals surface area contributed by atoms with E-state index in [1.807, 2.05) is 0 Å². The van der Waals surface area contributed by atoms with Crippen molar-refractivity contribution in [2.24, 2.45) is 45.9 Å². The van der Waals surface area contributed by atoms with Gasteiger partial charge in [-0.15, -0.1) is 0 Å². The second-order valence-corrected chi connectivity index (χ2v) is 18.3. The van der Waals surface area contributed by atoms with E-state index in [0.29, 0.717) is 44.3 Å². The van der Waals surface area contributed by atoms with Crippen LogP contribution in [0.25, 0.3) is 0 Å². The Hall–Kier alpha value is -7.32. The van der Waals surface area contributed by atoms with Crippen LogP contribution in [0.1, 0.15) is 95.6 Å². The van der Waals surface area contributed by atoms with Crippen molar-refractivity contribution >= 4 is 65.0 Å². The zero-order chi connectivity index (χ0) is 57.5. The lowest BCUT2D eigenvalue weighted by Crippen LogP contribution is -2.61. The number of rotatable bonds is 38. The average Bonchev–Trinajstić information content (AvgIpc) is 4.12. The summed E-state index contributed by atoms with van der Waals surface area (Å²) < 4.78 is 0. The van der Waals surface area contributed by atoms with E-state index in [-0.39, 0.29) is 95.6 Å². The number of aromatic nitrogens is 2. The van der Waals surface area contributed by atoms with Gasteiger partial charge in [0.25, 0.3) is 5.91 Å². The molecule has 432 valence electrons. The van der Waals surface area contributed by atoms with E-state index in [9.17, 15) is 53.1 Å². The van der Waals surface area contributed by atoms with E-state index in [0.717, 1.165) is 0 Å². The predicted molar refractivity (Wildman–Crippen MR) is 280 cm³/mol. The molecule has 2 heterocycles. The number of guanidine groups is 1. The van der Waals surface area contributed by atoms with Crippen molar-refractivity contribution in [3.05, 3.63) is 30.0 Å². The first-order valence-electron chi connectivity index (χ1n) is 25.6. The molecule has 0 saturated carbocycles. The lowest BCUT2D eigenvalue weighted by atomic mass is 10.0. The van der Waals surface area contributed by atoms with Gasteiger partial charge in [-0.1, -0.05) is 12.5 Å². The Labute approximate surface area is 446 Å². The van der Waals surface area contributed by atoms with Crippen molar-refractivity contribution in [2.75, 3.05) is 45.8 Å². The largest absolute Gasteiger partial charge is 0.389 e. The molecule has 0 aromatic carbocycles. The highest BCUT2D eigenvalue weighted by Crippen LogP contribution is 2.21. The molecular weight excluding hydrogens is 1010 g/mol. The van der Waals surface area contributed by atoms with Crippen molar-refractivity contribution in [1.82, 2.24) is 57.4 Å². The number of hydrogen-bond acceptors (Lipinski definition) is 18. The topological polar surface area (TPSA) is 551 Å². The number of carbonyl (C=O) groups is 10. The predicted octanol–water partition coefficient (Wildman–Crippen LogP) is -7.86. The molecule has 1 aliphatic rings. The molecule has 1 aliphatic heterocycles. The van der Waals surface area contributed by atoms with Gasteiger partial charge in [0, 0.05) is 37.9 Å². The Bertz CT molecular complexity index is 2150. The molecule has 10 amide bonds. The van der Waals surface area contributed by atoms with Crippen molar-refractivity contribution in [3.8, 4) is 0 Å². The molecule has 2 rings (SSSR count). The van der Waals surface area contributed by atoms with Gasteiger partial charge in [0.05, 0.1) is 25.0 Å². The summed E-state index contributed by atoms with van der Waals surface area (Å²) >= 11 is 0. The summed E-state index contributed by atoms with van der Waals surface area (Å²) in [6.07, 6.45) is 5.31. The molecule has 1 aromatic heterocycles. The van der Waals surface area contributed by atoms with Gasteiger partial charge in [0.2, 0.25) is 53.2 Å². The first-order valence-corrected chi connectivity index (χ1v) is 25.6. The third-order valence-corrected chi connectivity index (χ3v) is 12.2. The quantitative estimate of drug-likeness (QED) is 0.0127. The Balaban J connectivity index is 2.29. The molecule has 0 bridgehead atoms. The summed E-state index contributed by atoms with van der Waals surface area (Å²) in [4.78, 5) is 142. The number of nitrogens with one attached hydrogen (secondary N) is 10. The number of unbranched alkanes of at least 4 members (excludes halogenated alkanes) is 2. The Morgan fingerprint density at radius 3 is 1.99 bits per heavy atom. The summed E-state index contributed by atoms with van der Waals surface area (Å²) in [6, 6.07) is -9.18. The number of imidazole rings is 1. The maximum absolute atomic E-state index is 14.3. The minimum absolute atomic E-state index is 0.00139. The van der Waals surface area contributed by atoms with Crippen LogP contribution in [0.2, 0.25) is 0 Å². The minimum atomic E-state index is -1.68. The number of aliphatic hydroxyl groups is 1. The second-order valence-electron chi connectivity index (χ2n) is 18.3. The van der Waals surface area contributed by atoms with Crippen LogP contribution in [0.15, 0.2) is 24.3 Å². The van der Waals surface area contributed by atoms with Gasteiger partial charge in [-0.2, -0.15) is 0 Å². The molecule has 0 unspecified atom stereocenters. The summed E-state index contributed by atoms with van der Waals surface area (Å²) in [7, 11) is 0. The minimum Gasteiger partial charge on any atom is -0.389 e. The van der Waals surface area contributed by atoms with E-state index in [4.69, 9.17) is 51.3 Å². The number of aliphatic hydroxyl groups excluding tert-OH is 1. The van der Waals surface area contributed by atoms with E-state index in [1.54, 1.807) is 0 Å². The van der Waals surface area contributed by atoms with E-state index >= 15 is 0 Å². The maximum atomic E-state index is 14.3. The van der Waals surface area contributed by atoms with Crippen LogP contribution in [-0.4, -0.2) is 179 Å². The third-order valence-electron chi connectivity index (χ3n) is 12.2. The lowest BCUT2D eigenvalue weighted by Gasteiger charge is -2.30. The molecule has 27 N–H and O–H groups in total. The lowest BCUT2D eigenvalue weighted by molar-refractivity contribution is -0.142. The summed E-state index contributed by atoms with van der Waals surface area (Å²) in [5, 5.41) is 37.9. The van der Waals surface area contributed by atoms with Crippen molar-refractivity contribution < 1.29 is 53.1 Å². The van der Waals surface area contributed by atoms with Crippen LogP contribution in [0.4, 0.5) is 0 Å². The molecule has 8 atom stereocenters. The first kappa shape index (κ1) is 65.8. The van der Waals surface area contributed by atoms with Crippen molar-refractivity contribution in [2.45, 2.75) is 145 Å². The fourth-order valence-electron chi connectivity index (χ4n) is 7.96. The van der Waals surface area contributed by atoms with Gasteiger partial charge in [-0.3, -0.25) is 53.4 Å². The fraction of sp³-hybridized carbons (Fsp3) is 0.652. The smallest absolute Gasteiger partial charge is 0.264 e. The monoisotopic (exact) mass is 1090 g/mol. The van der Waals surface area contributed by atoms with Crippen LogP contribution < -0.4 is 88.4 Å². The molecule has 1 aromatic rings. The summed E-state index contributed by atoms with van der Waals surface area (Å²) in [5.74, 6) is -8.73. The normalized spacial score (nSPS) is 16.0. The molecule has 0 radical (unpaired) electrons. The van der Waals surface area contributed by atoms with Crippen LogP contribution >= 0.6 is 0 Å². The highest BCUT2D eigenvalue weighted by molar-refractivity contribution is 6.00. The molecule has 31 heteroatoms. The van der Waals surface area contributed by atoms with E-state index < -0.39 is 127 Å². The van der Waals surface area contributed by atoms with Crippen LogP contribution in [0.3, 0.4) is 0 Å². The molecule has 0 aliphatic carbocycles. The molecular formula is C46H82N20O11. The molecule has 77 heavy (non-hydrogen) atoms. The van der Waals surface area contributed by atoms with Crippen LogP contribution in [0.5, 0.6) is 0 Å². The molecule has 1 fully saturated rings. The highest BCUT2D eigenvalue weighted by Gasteiger charge is 2.40. The van der Waals surface area contributed by atoms with Gasteiger partial charge in [-0.05, 0) is 103 Å². The first-order chi connectivity index (χ1) is 36.7. The Morgan fingerprint density at radius 1 is 0.740 bits per heavy atom. The van der Waals surface area contributed by atoms with Gasteiger partial charge >= 0.3 is 0 Å². The number of aromatic amines is 1. The standard InChI is InChI=1S/C46H82N20O11/c47-17-3-1-8-27(51)39(71)65-37(34(67)22-50)44(76)64-30(15-16-35(52)68)40(72)58-24-36(69)60-32(10-5-19-49)45(77)66-21-7-12-33(66)43(75)63-31(14-13-26-23-56-25-59-26)42(74)62-29(9-2-4-18-48)41(73)61-28(38(53)70)11-6-20-57-46(54)55/h11,23,25,27,29-34,37,67H,1-10,12-22,24,47-51H2,(H2,52,68)(H2,53,70)(H,56,59)(H,58,72)(H,60,69)(H,61,73)(H,62,74)(H,63,75)(H,64,76)(H,65,71)(H4,54,55,57)/b28-11-/t27-,29-,30-,31-,32+,33-,34-,37-/m0/s1. The summed E-state index contributed by atoms with van der Waals surface area (Å²) in [6.45, 7) is -0.238. The number of nitrogens with zero attached hydrogens (tertiary/aromatic N) is 2. The van der Waals surface area contributed by atoms with Gasteiger partial charge in [0.15, 0.2) is 5.96 Å². The van der Waals surface area contributed by atoms with Gasteiger partial charge in [-0.25, -0.2) is 4.98 Å². The Morgan fingerprint density at radius 2 is 1.38 bits per heavy atom. The van der Waals surface area contributed by atoms with Crippen LogP contribution in [-0.2, 0) is 54.4 Å². The fourth-order valence-corrected chi connectivity index (χ4v) is 7.96. The van der Waals surface area contributed by atoms with Crippen molar-refractivity contribution in [3.63, 3.8) is 0 Å². The van der Waals surface area contributed by atoms with Gasteiger partial charge < -0.3 is 103 Å². The summed E-state index contributed by atoms with van der Waals surface area (Å²) in [5.41, 5.74) is 45.1. The average molecular weight is 1090 g/mol. The van der Waals surface area contributed by atoms with E-state index in [1.165, 1.54) is 23.5 Å². The van der Waals surface area contributed by atoms with Crippen molar-refractivity contribution in [1.29, 1.82) is 5.41 Å². The Kier molecular flexibility index (Phi) is 30.6. The SMILES string of the molecule is N=C(N)NCC/C=C(\NC(=O)[C@H](CCCCN)NC(=O)[C@H](CCc1cnc[nH]1)NC(=O)[C@@H]1CCCN1C(=O)[C@@H](CCCN)NC(=O)CNC(=O)[C@H](CCC(N)=O)NC(=O)[C@@H](NC(=O)[C@@H](N)CCCCN)[C@@H](O)CN)C(N)=O. The van der Waals surface area contributed by atoms with Crippen LogP contribution in [0, 0.1) is 5.41 Å². The number of hydrogen-bond donors (Lipinski definition) is 19. The zero-order valence-corrected chi connectivity index (χ0v) is 43.5. The van der Waals surface area contributed by atoms with E-state index in [2.05, 4.69) is 52.5 Å². The highest BCUT2D eigenvalue weighted by atomic mass is 16.3. The maximum Gasteiger partial charge on any atom is 0.264 e. The number of aryl methyl sites for hydroxylation is 1. The molecule has 1 saturated heterocycles. The molecule has 31 nitrogen and oxygen atoms in total. The number of nitrogens with two attached hydrogens (primary N) is 8. The number of likely N-dealkylation sites (tertiary alicyclic amines) is 1. The number of amides is 10. The second kappa shape index (κ2) is 35.8.